The fourth-order valence-electron chi connectivity index (χ4n) is 2.55. The highest BCUT2D eigenvalue weighted by atomic mass is 32.1. The molecule has 2 heterocycles. The van der Waals surface area contributed by atoms with Crippen LogP contribution in [0.5, 0.6) is 5.75 Å². The maximum atomic E-state index is 11.3. The number of nitrogens with zero attached hydrogens (tertiary/aromatic N) is 4. The first-order chi connectivity index (χ1) is 13.2. The van der Waals surface area contributed by atoms with Gasteiger partial charge in [-0.2, -0.15) is 0 Å². The second-order valence-corrected chi connectivity index (χ2v) is 6.07. The SMILES string of the molecule is CC.COc1cc2ncnc(Nc3ccc4ncsc4c3)c2cc1[N+](=O)[O-]. The summed E-state index contributed by atoms with van der Waals surface area (Å²) in [4.78, 5) is 23.4. The van der Waals surface area contributed by atoms with Crippen LogP contribution in [-0.4, -0.2) is 27.0 Å². The summed E-state index contributed by atoms with van der Waals surface area (Å²) in [6.45, 7) is 4.00. The van der Waals surface area contributed by atoms with E-state index in [-0.39, 0.29) is 11.4 Å². The number of thiazole rings is 1. The van der Waals surface area contributed by atoms with Crippen molar-refractivity contribution in [2.24, 2.45) is 0 Å². The lowest BCUT2D eigenvalue weighted by atomic mass is 10.2. The predicted octanol–water partition coefficient (Wildman–Crippen LogP) is 4.93. The average molecular weight is 383 g/mol. The van der Waals surface area contributed by atoms with E-state index in [1.807, 2.05) is 32.0 Å². The minimum atomic E-state index is -0.488. The van der Waals surface area contributed by atoms with Crippen molar-refractivity contribution in [3.05, 3.63) is 52.3 Å². The standard InChI is InChI=1S/C16H11N5O3S.C2H6/c1-24-14-6-12-10(5-13(14)21(22)23)16(18-7-17-12)20-9-2-3-11-15(4-9)25-8-19-11;1-2/h2-8H,1H3,(H,17,18,20);1-2H3. The summed E-state index contributed by atoms with van der Waals surface area (Å²) in [6, 6.07) is 8.70. The van der Waals surface area contributed by atoms with Crippen LogP contribution in [0.3, 0.4) is 0 Å². The summed E-state index contributed by atoms with van der Waals surface area (Å²) in [5, 5.41) is 15.0. The molecule has 0 radical (unpaired) electrons. The van der Waals surface area contributed by atoms with Crippen LogP contribution >= 0.6 is 11.3 Å². The van der Waals surface area contributed by atoms with Crippen LogP contribution in [0.15, 0.2) is 42.2 Å². The molecule has 4 aromatic rings. The van der Waals surface area contributed by atoms with Crippen molar-refractivity contribution >= 4 is 49.6 Å². The molecule has 0 atom stereocenters. The smallest absolute Gasteiger partial charge is 0.311 e. The first-order valence-electron chi connectivity index (χ1n) is 8.23. The second kappa shape index (κ2) is 7.92. The number of anilines is 2. The highest BCUT2D eigenvalue weighted by molar-refractivity contribution is 7.16. The number of benzene rings is 2. The number of rotatable bonds is 4. The second-order valence-electron chi connectivity index (χ2n) is 5.18. The molecule has 0 bridgehead atoms. The molecule has 8 nitrogen and oxygen atoms in total. The molecule has 0 unspecified atom stereocenters. The lowest BCUT2D eigenvalue weighted by Crippen LogP contribution is -1.99. The molecule has 0 saturated carbocycles. The molecule has 2 aromatic heterocycles. The quantitative estimate of drug-likeness (QED) is 0.394. The number of ether oxygens (including phenoxy) is 1. The monoisotopic (exact) mass is 383 g/mol. The average Bonchev–Trinajstić information content (AvgIpc) is 3.16. The third-order valence-electron chi connectivity index (χ3n) is 3.73. The number of hydrogen-bond donors (Lipinski definition) is 1. The fraction of sp³-hybridized carbons (Fsp3) is 0.167. The zero-order valence-corrected chi connectivity index (χ0v) is 15.8. The van der Waals surface area contributed by atoms with Crippen molar-refractivity contribution in [2.75, 3.05) is 12.4 Å². The van der Waals surface area contributed by atoms with Gasteiger partial charge in [0.15, 0.2) is 5.75 Å². The van der Waals surface area contributed by atoms with Crippen LogP contribution < -0.4 is 10.1 Å². The Hall–Kier alpha value is -3.33. The molecular formula is C18H17N5O3S. The Bertz CT molecular complexity index is 1110. The maximum Gasteiger partial charge on any atom is 0.311 e. The molecule has 27 heavy (non-hydrogen) atoms. The van der Waals surface area contributed by atoms with Gasteiger partial charge in [0.2, 0.25) is 0 Å². The van der Waals surface area contributed by atoms with Crippen molar-refractivity contribution in [3.63, 3.8) is 0 Å². The molecule has 9 heteroatoms. The van der Waals surface area contributed by atoms with Crippen LogP contribution in [0.1, 0.15) is 13.8 Å². The number of methoxy groups -OCH3 is 1. The highest BCUT2D eigenvalue weighted by Gasteiger charge is 2.18. The largest absolute Gasteiger partial charge is 0.490 e. The minimum Gasteiger partial charge on any atom is -0.490 e. The van der Waals surface area contributed by atoms with Gasteiger partial charge in [-0.1, -0.05) is 13.8 Å². The van der Waals surface area contributed by atoms with E-state index < -0.39 is 4.92 Å². The van der Waals surface area contributed by atoms with Crippen LogP contribution in [0.4, 0.5) is 17.2 Å². The first-order valence-corrected chi connectivity index (χ1v) is 9.11. The van der Waals surface area contributed by atoms with Crippen LogP contribution in [-0.2, 0) is 0 Å². The van der Waals surface area contributed by atoms with Crippen molar-refractivity contribution in [1.29, 1.82) is 0 Å². The molecule has 0 aliphatic carbocycles. The van der Waals surface area contributed by atoms with Gasteiger partial charge in [-0.05, 0) is 18.2 Å². The number of aromatic nitrogens is 3. The van der Waals surface area contributed by atoms with E-state index in [2.05, 4.69) is 20.3 Å². The number of fused-ring (bicyclic) bond motifs is 2. The zero-order valence-electron chi connectivity index (χ0n) is 15.0. The van der Waals surface area contributed by atoms with E-state index in [1.54, 1.807) is 5.51 Å². The Labute approximate surface area is 159 Å². The normalized spacial score (nSPS) is 10.3. The van der Waals surface area contributed by atoms with Gasteiger partial charge in [0.05, 0.1) is 38.7 Å². The number of nitrogens with one attached hydrogen (secondary N) is 1. The molecule has 0 saturated heterocycles. The van der Waals surface area contributed by atoms with Gasteiger partial charge in [0, 0.05) is 17.8 Å². The molecule has 2 aromatic carbocycles. The summed E-state index contributed by atoms with van der Waals surface area (Å²) in [7, 11) is 1.39. The van der Waals surface area contributed by atoms with Crippen LogP contribution in [0, 0.1) is 10.1 Å². The molecule has 0 aliphatic heterocycles. The molecule has 0 spiro atoms. The molecular weight excluding hydrogens is 366 g/mol. The summed E-state index contributed by atoms with van der Waals surface area (Å²) >= 11 is 1.54. The number of nitro benzene ring substituents is 1. The Kier molecular flexibility index (Phi) is 5.41. The van der Waals surface area contributed by atoms with Gasteiger partial charge >= 0.3 is 5.69 Å². The van der Waals surface area contributed by atoms with Crippen molar-refractivity contribution < 1.29 is 9.66 Å². The van der Waals surface area contributed by atoms with Gasteiger partial charge in [-0.25, -0.2) is 15.0 Å². The molecule has 0 aliphatic rings. The Morgan fingerprint density at radius 2 is 1.93 bits per heavy atom. The molecule has 0 fully saturated rings. The van der Waals surface area contributed by atoms with E-state index in [0.29, 0.717) is 16.7 Å². The van der Waals surface area contributed by atoms with Crippen molar-refractivity contribution in [1.82, 2.24) is 15.0 Å². The van der Waals surface area contributed by atoms with Crippen LogP contribution in [0.2, 0.25) is 0 Å². The van der Waals surface area contributed by atoms with Gasteiger partial charge in [0.1, 0.15) is 12.1 Å². The van der Waals surface area contributed by atoms with Crippen LogP contribution in [0.25, 0.3) is 21.1 Å². The third-order valence-corrected chi connectivity index (χ3v) is 4.52. The summed E-state index contributed by atoms with van der Waals surface area (Å²) in [6.07, 6.45) is 1.40. The van der Waals surface area contributed by atoms with Gasteiger partial charge < -0.3 is 10.1 Å². The van der Waals surface area contributed by atoms with E-state index in [4.69, 9.17) is 4.74 Å². The van der Waals surface area contributed by atoms with Gasteiger partial charge in [0.25, 0.3) is 0 Å². The molecule has 4 rings (SSSR count). The molecule has 138 valence electrons. The number of nitro groups is 1. The summed E-state index contributed by atoms with van der Waals surface area (Å²) in [5.41, 5.74) is 3.94. The molecule has 1 N–H and O–H groups in total. The van der Waals surface area contributed by atoms with Crippen molar-refractivity contribution in [2.45, 2.75) is 13.8 Å². The summed E-state index contributed by atoms with van der Waals surface area (Å²) in [5.74, 6) is 0.646. The summed E-state index contributed by atoms with van der Waals surface area (Å²) < 4.78 is 6.12. The van der Waals surface area contributed by atoms with E-state index in [0.717, 1.165) is 15.9 Å². The zero-order chi connectivity index (χ0) is 19.4. The number of hydrogen-bond acceptors (Lipinski definition) is 8. The highest BCUT2D eigenvalue weighted by Crippen LogP contribution is 2.34. The Balaban J connectivity index is 0.00000102. The van der Waals surface area contributed by atoms with Crippen molar-refractivity contribution in [3.8, 4) is 5.75 Å². The van der Waals surface area contributed by atoms with Gasteiger partial charge in [-0.15, -0.1) is 11.3 Å². The Morgan fingerprint density at radius 3 is 2.67 bits per heavy atom. The van der Waals surface area contributed by atoms with Gasteiger partial charge in [-0.3, -0.25) is 10.1 Å². The lowest BCUT2D eigenvalue weighted by Gasteiger charge is -2.09. The topological polar surface area (TPSA) is 103 Å². The van der Waals surface area contributed by atoms with E-state index >= 15 is 0 Å². The Morgan fingerprint density at radius 1 is 1.11 bits per heavy atom. The predicted molar refractivity (Wildman–Crippen MR) is 107 cm³/mol. The third kappa shape index (κ3) is 3.63. The van der Waals surface area contributed by atoms with E-state index in [1.165, 1.54) is 36.9 Å². The fourth-order valence-corrected chi connectivity index (χ4v) is 3.26. The molecule has 0 amide bonds. The lowest BCUT2D eigenvalue weighted by molar-refractivity contribution is -0.385. The minimum absolute atomic E-state index is 0.134. The first kappa shape index (κ1) is 18.5. The van der Waals surface area contributed by atoms with E-state index in [9.17, 15) is 10.1 Å². The maximum absolute atomic E-state index is 11.3.